The lowest BCUT2D eigenvalue weighted by molar-refractivity contribution is 0.0949. The highest BCUT2D eigenvalue weighted by Gasteiger charge is 2.23. The number of aromatic amines is 1. The number of hydrogen-bond acceptors (Lipinski definition) is 2. The van der Waals surface area contributed by atoms with Crippen LogP contribution >= 0.6 is 0 Å². The van der Waals surface area contributed by atoms with Gasteiger partial charge in [-0.3, -0.25) is 9.59 Å². The van der Waals surface area contributed by atoms with E-state index in [2.05, 4.69) is 10.3 Å². The van der Waals surface area contributed by atoms with E-state index in [0.717, 1.165) is 34.0 Å². The van der Waals surface area contributed by atoms with E-state index in [9.17, 15) is 9.59 Å². The molecule has 0 atom stereocenters. The van der Waals surface area contributed by atoms with E-state index in [1.165, 1.54) is 0 Å². The Morgan fingerprint density at radius 1 is 1.05 bits per heavy atom. The molecule has 102 valence electrons. The van der Waals surface area contributed by atoms with Gasteiger partial charge in [0.2, 0.25) is 0 Å². The van der Waals surface area contributed by atoms with Crippen LogP contribution in [0.25, 0.3) is 22.2 Å². The summed E-state index contributed by atoms with van der Waals surface area (Å²) in [5.74, 6) is -0.0325. The topological polar surface area (TPSA) is 62.0 Å². The summed E-state index contributed by atoms with van der Waals surface area (Å²) in [5, 5.41) is 3.90. The summed E-state index contributed by atoms with van der Waals surface area (Å²) >= 11 is 0. The Hall–Kier alpha value is -2.88. The van der Waals surface area contributed by atoms with Crippen LogP contribution < -0.4 is 5.32 Å². The van der Waals surface area contributed by atoms with Crippen molar-refractivity contribution in [3.8, 4) is 11.3 Å². The Bertz CT molecular complexity index is 876. The fraction of sp³-hybridized carbons (Fsp3) is 0.0588. The number of aromatic nitrogens is 1. The molecule has 0 saturated heterocycles. The molecular formula is C17H12N2O2. The predicted octanol–water partition coefficient (Wildman–Crippen LogP) is 2.89. The van der Waals surface area contributed by atoms with Crippen LogP contribution in [0.1, 0.15) is 26.3 Å². The molecule has 1 amide bonds. The molecule has 4 nitrogen and oxygen atoms in total. The van der Waals surface area contributed by atoms with Gasteiger partial charge in [-0.15, -0.1) is 0 Å². The molecular weight excluding hydrogens is 264 g/mol. The van der Waals surface area contributed by atoms with Gasteiger partial charge in [0.15, 0.2) is 0 Å². The zero-order valence-corrected chi connectivity index (χ0v) is 11.1. The minimum atomic E-state index is -0.0325. The molecule has 0 spiro atoms. The Morgan fingerprint density at radius 3 is 2.62 bits per heavy atom. The van der Waals surface area contributed by atoms with Gasteiger partial charge >= 0.3 is 0 Å². The van der Waals surface area contributed by atoms with Crippen LogP contribution in [0.3, 0.4) is 0 Å². The van der Waals surface area contributed by atoms with Gasteiger partial charge in [-0.25, -0.2) is 0 Å². The van der Waals surface area contributed by atoms with Crippen molar-refractivity contribution >= 4 is 23.1 Å². The molecule has 1 aromatic heterocycles. The van der Waals surface area contributed by atoms with Gasteiger partial charge in [-0.1, -0.05) is 30.3 Å². The lowest BCUT2D eigenvalue weighted by Gasteiger charge is -2.14. The highest BCUT2D eigenvalue weighted by atomic mass is 16.1. The summed E-state index contributed by atoms with van der Waals surface area (Å²) in [6.45, 7) is 0.514. The van der Waals surface area contributed by atoms with Crippen molar-refractivity contribution in [2.75, 3.05) is 0 Å². The molecule has 0 radical (unpaired) electrons. The molecule has 2 aromatic carbocycles. The second-order valence-corrected chi connectivity index (χ2v) is 5.13. The molecule has 21 heavy (non-hydrogen) atoms. The van der Waals surface area contributed by atoms with Gasteiger partial charge in [0.05, 0.1) is 5.69 Å². The van der Waals surface area contributed by atoms with Crippen LogP contribution in [-0.4, -0.2) is 17.2 Å². The molecule has 1 aliphatic rings. The van der Waals surface area contributed by atoms with Gasteiger partial charge in [-0.05, 0) is 17.7 Å². The number of benzene rings is 2. The molecule has 3 aromatic rings. The van der Waals surface area contributed by atoms with Gasteiger partial charge in [0.25, 0.3) is 5.91 Å². The third-order valence-electron chi connectivity index (χ3n) is 3.93. The second kappa shape index (κ2) is 4.31. The average molecular weight is 276 g/mol. The molecule has 1 aliphatic heterocycles. The number of carbonyl (C=O) groups excluding carboxylic acids is 2. The zero-order chi connectivity index (χ0) is 14.4. The molecule has 2 heterocycles. The summed E-state index contributed by atoms with van der Waals surface area (Å²) in [6.07, 6.45) is 0.831. The molecule has 0 unspecified atom stereocenters. The van der Waals surface area contributed by atoms with E-state index in [1.807, 2.05) is 30.3 Å². The summed E-state index contributed by atoms with van der Waals surface area (Å²) in [6, 6.07) is 13.1. The number of amides is 1. The first-order chi connectivity index (χ1) is 10.3. The molecule has 0 saturated carbocycles. The monoisotopic (exact) mass is 276 g/mol. The van der Waals surface area contributed by atoms with Crippen molar-refractivity contribution < 1.29 is 9.59 Å². The third-order valence-corrected chi connectivity index (χ3v) is 3.93. The minimum absolute atomic E-state index is 0.0325. The van der Waals surface area contributed by atoms with Crippen molar-refractivity contribution in [3.05, 3.63) is 59.2 Å². The van der Waals surface area contributed by atoms with E-state index in [4.69, 9.17) is 0 Å². The molecule has 2 N–H and O–H groups in total. The SMILES string of the molecule is O=Cc1ccc(-c2[nH]c3cccc4c3c2CNC4=O)cc1. The van der Waals surface area contributed by atoms with Crippen molar-refractivity contribution in [1.82, 2.24) is 10.3 Å². The van der Waals surface area contributed by atoms with Crippen molar-refractivity contribution in [3.63, 3.8) is 0 Å². The normalized spacial score (nSPS) is 13.2. The molecule has 4 heteroatoms. The maximum atomic E-state index is 11.9. The smallest absolute Gasteiger partial charge is 0.252 e. The summed E-state index contributed by atoms with van der Waals surface area (Å²) in [4.78, 5) is 26.1. The predicted molar refractivity (Wildman–Crippen MR) is 80.3 cm³/mol. The standard InChI is InChI=1S/C17H12N2O2/c20-9-10-4-6-11(7-5-10)16-13-8-18-17(21)12-2-1-3-14(19-16)15(12)13/h1-7,9,19H,8H2,(H,18,21). The fourth-order valence-electron chi connectivity index (χ4n) is 2.92. The van der Waals surface area contributed by atoms with Gasteiger partial charge in [-0.2, -0.15) is 0 Å². The van der Waals surface area contributed by atoms with Gasteiger partial charge in [0.1, 0.15) is 6.29 Å². The van der Waals surface area contributed by atoms with Crippen molar-refractivity contribution in [2.24, 2.45) is 0 Å². The zero-order valence-electron chi connectivity index (χ0n) is 11.1. The van der Waals surface area contributed by atoms with Crippen molar-refractivity contribution in [2.45, 2.75) is 6.54 Å². The van der Waals surface area contributed by atoms with E-state index < -0.39 is 0 Å². The Morgan fingerprint density at radius 2 is 1.86 bits per heavy atom. The van der Waals surface area contributed by atoms with Crippen molar-refractivity contribution in [1.29, 1.82) is 0 Å². The number of H-pyrrole nitrogens is 1. The van der Waals surface area contributed by atoms with E-state index in [0.29, 0.717) is 17.7 Å². The summed E-state index contributed by atoms with van der Waals surface area (Å²) < 4.78 is 0. The highest BCUT2D eigenvalue weighted by molar-refractivity contribution is 6.11. The first-order valence-electron chi connectivity index (χ1n) is 6.75. The third kappa shape index (κ3) is 1.69. The Labute approximate surface area is 120 Å². The average Bonchev–Trinajstić information content (AvgIpc) is 2.91. The van der Waals surface area contributed by atoms with Crippen LogP contribution in [-0.2, 0) is 6.54 Å². The second-order valence-electron chi connectivity index (χ2n) is 5.13. The van der Waals surface area contributed by atoms with E-state index in [-0.39, 0.29) is 5.91 Å². The largest absolute Gasteiger partial charge is 0.354 e. The number of hydrogen-bond donors (Lipinski definition) is 2. The lowest BCUT2D eigenvalue weighted by atomic mass is 9.98. The Balaban J connectivity index is 1.98. The number of rotatable bonds is 2. The minimum Gasteiger partial charge on any atom is -0.354 e. The molecule has 4 rings (SSSR count). The highest BCUT2D eigenvalue weighted by Crippen LogP contribution is 2.34. The van der Waals surface area contributed by atoms with Gasteiger partial charge < -0.3 is 10.3 Å². The van der Waals surface area contributed by atoms with Crippen LogP contribution in [0, 0.1) is 0 Å². The van der Waals surface area contributed by atoms with Crippen LogP contribution in [0.4, 0.5) is 0 Å². The lowest BCUT2D eigenvalue weighted by Crippen LogP contribution is -2.26. The maximum absolute atomic E-state index is 11.9. The number of nitrogens with one attached hydrogen (secondary N) is 2. The quantitative estimate of drug-likeness (QED) is 0.707. The molecule has 0 bridgehead atoms. The molecule has 0 aliphatic carbocycles. The summed E-state index contributed by atoms with van der Waals surface area (Å²) in [5.41, 5.74) is 5.42. The first kappa shape index (κ1) is 11.9. The number of aldehydes is 1. The fourth-order valence-corrected chi connectivity index (χ4v) is 2.92. The van der Waals surface area contributed by atoms with Gasteiger partial charge in [0, 0.05) is 34.1 Å². The van der Waals surface area contributed by atoms with Crippen LogP contribution in [0.2, 0.25) is 0 Å². The molecule has 0 fully saturated rings. The summed E-state index contributed by atoms with van der Waals surface area (Å²) in [7, 11) is 0. The Kier molecular flexibility index (Phi) is 2.44. The van der Waals surface area contributed by atoms with E-state index in [1.54, 1.807) is 12.1 Å². The first-order valence-corrected chi connectivity index (χ1v) is 6.75. The van der Waals surface area contributed by atoms with Crippen LogP contribution in [0.15, 0.2) is 42.5 Å². The number of carbonyl (C=O) groups is 2. The maximum Gasteiger partial charge on any atom is 0.252 e. The van der Waals surface area contributed by atoms with Crippen LogP contribution in [0.5, 0.6) is 0 Å². The van der Waals surface area contributed by atoms with E-state index >= 15 is 0 Å².